The predicted octanol–water partition coefficient (Wildman–Crippen LogP) is 3.64. The number of carbonyl (C=O) groups is 1. The van der Waals surface area contributed by atoms with Gasteiger partial charge in [0.15, 0.2) is 0 Å². The minimum absolute atomic E-state index is 0.0546. The van der Waals surface area contributed by atoms with Crippen LogP contribution in [0.2, 0.25) is 0 Å². The van der Waals surface area contributed by atoms with Gasteiger partial charge >= 0.3 is 6.36 Å². The number of morpholine rings is 1. The minimum atomic E-state index is -4.80. The monoisotopic (exact) mass is 458 g/mol. The molecule has 0 radical (unpaired) electrons. The first kappa shape index (κ1) is 23.0. The van der Waals surface area contributed by atoms with Crippen molar-refractivity contribution in [3.8, 4) is 5.75 Å². The van der Waals surface area contributed by atoms with Gasteiger partial charge < -0.3 is 14.8 Å². The second kappa shape index (κ2) is 8.85. The lowest BCUT2D eigenvalue weighted by Gasteiger charge is -2.34. The van der Waals surface area contributed by atoms with E-state index in [0.717, 1.165) is 12.1 Å². The van der Waals surface area contributed by atoms with Crippen LogP contribution >= 0.6 is 0 Å². The Hall–Kier alpha value is -2.63. The minimum Gasteiger partial charge on any atom is -0.406 e. The Morgan fingerprint density at radius 1 is 1.03 bits per heavy atom. The van der Waals surface area contributed by atoms with Gasteiger partial charge in [-0.15, -0.1) is 13.2 Å². The molecule has 31 heavy (non-hydrogen) atoms. The summed E-state index contributed by atoms with van der Waals surface area (Å²) in [6, 6.07) is 10.1. The van der Waals surface area contributed by atoms with Gasteiger partial charge in [-0.25, -0.2) is 8.42 Å². The van der Waals surface area contributed by atoms with Gasteiger partial charge in [-0.05, 0) is 62.4 Å². The first-order chi connectivity index (χ1) is 14.4. The summed E-state index contributed by atoms with van der Waals surface area (Å²) in [6.45, 7) is 4.08. The van der Waals surface area contributed by atoms with Crippen LogP contribution in [0.15, 0.2) is 53.4 Å². The maximum atomic E-state index is 12.9. The van der Waals surface area contributed by atoms with E-state index in [0.29, 0.717) is 0 Å². The highest BCUT2D eigenvalue weighted by molar-refractivity contribution is 7.89. The number of ether oxygens (including phenoxy) is 2. The molecule has 0 bridgehead atoms. The van der Waals surface area contributed by atoms with Gasteiger partial charge in [0, 0.05) is 24.3 Å². The van der Waals surface area contributed by atoms with Crippen molar-refractivity contribution < 1.29 is 35.9 Å². The molecule has 1 fully saturated rings. The molecule has 168 valence electrons. The molecule has 7 nitrogen and oxygen atoms in total. The Morgan fingerprint density at radius 2 is 1.58 bits per heavy atom. The molecule has 2 aromatic rings. The van der Waals surface area contributed by atoms with E-state index in [1.807, 2.05) is 0 Å². The highest BCUT2D eigenvalue weighted by Gasteiger charge is 2.32. The average molecular weight is 458 g/mol. The van der Waals surface area contributed by atoms with Gasteiger partial charge in [-0.3, -0.25) is 4.79 Å². The summed E-state index contributed by atoms with van der Waals surface area (Å²) in [4.78, 5) is 12.4. The third-order valence-corrected chi connectivity index (χ3v) is 6.33. The number of nitrogens with zero attached hydrogens (tertiary/aromatic N) is 1. The molecule has 0 spiro atoms. The SMILES string of the molecule is C[C@@H]1CN(S(=O)(=O)c2ccc(C(=O)Nc3ccc(OC(F)(F)F)cc3)cc2)C[C@@H](C)O1. The molecule has 0 saturated carbocycles. The maximum absolute atomic E-state index is 12.9. The number of nitrogens with one attached hydrogen (secondary N) is 1. The zero-order chi connectivity index (χ0) is 22.8. The Bertz CT molecular complexity index is 1010. The highest BCUT2D eigenvalue weighted by Crippen LogP contribution is 2.25. The predicted molar refractivity (Wildman–Crippen MR) is 106 cm³/mol. The fourth-order valence-electron chi connectivity index (χ4n) is 3.20. The van der Waals surface area contributed by atoms with Crippen molar-refractivity contribution in [2.45, 2.75) is 37.3 Å². The largest absolute Gasteiger partial charge is 0.573 e. The number of halogens is 3. The smallest absolute Gasteiger partial charge is 0.406 e. The summed E-state index contributed by atoms with van der Waals surface area (Å²) in [5, 5.41) is 2.53. The van der Waals surface area contributed by atoms with E-state index >= 15 is 0 Å². The van der Waals surface area contributed by atoms with Crippen molar-refractivity contribution in [3.05, 3.63) is 54.1 Å². The van der Waals surface area contributed by atoms with E-state index in [2.05, 4.69) is 10.1 Å². The van der Waals surface area contributed by atoms with Gasteiger partial charge in [0.05, 0.1) is 17.1 Å². The van der Waals surface area contributed by atoms with Crippen LogP contribution in [0.1, 0.15) is 24.2 Å². The van der Waals surface area contributed by atoms with E-state index in [-0.39, 0.29) is 41.4 Å². The van der Waals surface area contributed by atoms with Gasteiger partial charge in [0.25, 0.3) is 5.91 Å². The van der Waals surface area contributed by atoms with Crippen LogP contribution < -0.4 is 10.1 Å². The molecule has 0 unspecified atom stereocenters. The number of sulfonamides is 1. The zero-order valence-electron chi connectivity index (χ0n) is 16.7. The van der Waals surface area contributed by atoms with Gasteiger partial charge in [0.1, 0.15) is 5.75 Å². The van der Waals surface area contributed by atoms with Crippen LogP contribution in [0.5, 0.6) is 5.75 Å². The van der Waals surface area contributed by atoms with Crippen LogP contribution in [-0.4, -0.2) is 50.3 Å². The summed E-state index contributed by atoms with van der Waals surface area (Å²) in [5.74, 6) is -0.950. The summed E-state index contributed by atoms with van der Waals surface area (Å²) in [7, 11) is -3.73. The summed E-state index contributed by atoms with van der Waals surface area (Å²) in [5.41, 5.74) is 0.450. The van der Waals surface area contributed by atoms with Crippen LogP contribution in [-0.2, 0) is 14.8 Å². The third-order valence-electron chi connectivity index (χ3n) is 4.49. The van der Waals surface area contributed by atoms with E-state index in [9.17, 15) is 26.4 Å². The lowest BCUT2D eigenvalue weighted by molar-refractivity contribution is -0.274. The number of carbonyl (C=O) groups excluding carboxylic acids is 1. The molecule has 1 aliphatic heterocycles. The summed E-state index contributed by atoms with van der Waals surface area (Å²) in [6.07, 6.45) is -5.25. The molecule has 2 atom stereocenters. The van der Waals surface area contributed by atoms with Crippen molar-refractivity contribution in [2.75, 3.05) is 18.4 Å². The number of hydrogen-bond donors (Lipinski definition) is 1. The number of anilines is 1. The van der Waals surface area contributed by atoms with Crippen LogP contribution in [0, 0.1) is 0 Å². The topological polar surface area (TPSA) is 84.9 Å². The normalized spacial score (nSPS) is 20.3. The molecule has 0 aliphatic carbocycles. The third kappa shape index (κ3) is 5.96. The number of alkyl halides is 3. The Kier molecular flexibility index (Phi) is 6.58. The Morgan fingerprint density at radius 3 is 2.10 bits per heavy atom. The van der Waals surface area contributed by atoms with E-state index in [1.165, 1.54) is 40.7 Å². The molecule has 1 N–H and O–H groups in total. The highest BCUT2D eigenvalue weighted by atomic mass is 32.2. The van der Waals surface area contributed by atoms with Crippen molar-refractivity contribution in [1.29, 1.82) is 0 Å². The molecule has 1 aliphatic rings. The molecule has 2 aromatic carbocycles. The number of rotatable bonds is 5. The van der Waals surface area contributed by atoms with Crippen LogP contribution in [0.3, 0.4) is 0 Å². The first-order valence-corrected chi connectivity index (χ1v) is 10.8. The van der Waals surface area contributed by atoms with Gasteiger partial charge in [-0.1, -0.05) is 0 Å². The number of benzene rings is 2. The molecule has 1 heterocycles. The molecule has 0 aromatic heterocycles. The molecule has 1 amide bonds. The van der Waals surface area contributed by atoms with Crippen molar-refractivity contribution in [2.24, 2.45) is 0 Å². The van der Waals surface area contributed by atoms with Crippen LogP contribution in [0.4, 0.5) is 18.9 Å². The number of hydrogen-bond acceptors (Lipinski definition) is 5. The Balaban J connectivity index is 1.67. The quantitative estimate of drug-likeness (QED) is 0.740. The second-order valence-corrected chi connectivity index (χ2v) is 9.07. The standard InChI is InChI=1S/C20H21F3N2O5S/c1-13-11-25(12-14(2)29-13)31(27,28)18-9-3-15(4-10-18)19(26)24-16-5-7-17(8-6-16)30-20(21,22)23/h3-10,13-14H,11-12H2,1-2H3,(H,24,26)/t13-,14-/m1/s1. The number of amides is 1. The summed E-state index contributed by atoms with van der Waals surface area (Å²) < 4.78 is 73.0. The van der Waals surface area contributed by atoms with Crippen molar-refractivity contribution in [1.82, 2.24) is 4.31 Å². The van der Waals surface area contributed by atoms with E-state index in [4.69, 9.17) is 4.74 Å². The zero-order valence-corrected chi connectivity index (χ0v) is 17.5. The van der Waals surface area contributed by atoms with Crippen molar-refractivity contribution in [3.63, 3.8) is 0 Å². The maximum Gasteiger partial charge on any atom is 0.573 e. The van der Waals surface area contributed by atoms with Crippen LogP contribution in [0.25, 0.3) is 0 Å². The lowest BCUT2D eigenvalue weighted by Crippen LogP contribution is -2.48. The molecular formula is C20H21F3N2O5S. The first-order valence-electron chi connectivity index (χ1n) is 9.37. The van der Waals surface area contributed by atoms with E-state index in [1.54, 1.807) is 13.8 Å². The molecule has 1 saturated heterocycles. The van der Waals surface area contributed by atoms with Gasteiger partial charge in [-0.2, -0.15) is 4.31 Å². The Labute approximate surface area is 177 Å². The van der Waals surface area contributed by atoms with Gasteiger partial charge in [0.2, 0.25) is 10.0 Å². The van der Waals surface area contributed by atoms with E-state index < -0.39 is 28.0 Å². The molecular weight excluding hydrogens is 437 g/mol. The lowest BCUT2D eigenvalue weighted by atomic mass is 10.2. The molecule has 3 rings (SSSR count). The fourth-order valence-corrected chi connectivity index (χ4v) is 4.79. The fraction of sp³-hybridized carbons (Fsp3) is 0.350. The average Bonchev–Trinajstić information content (AvgIpc) is 2.67. The second-order valence-electron chi connectivity index (χ2n) is 7.13. The summed E-state index contributed by atoms with van der Waals surface area (Å²) >= 11 is 0. The molecule has 11 heteroatoms. The van der Waals surface area contributed by atoms with Crippen molar-refractivity contribution >= 4 is 21.6 Å².